The van der Waals surface area contributed by atoms with Crippen molar-refractivity contribution in [1.29, 1.82) is 0 Å². The van der Waals surface area contributed by atoms with Crippen LogP contribution in [0.4, 0.5) is 30.6 Å². The summed E-state index contributed by atoms with van der Waals surface area (Å²) in [6, 6.07) is 10.4. The van der Waals surface area contributed by atoms with E-state index in [2.05, 4.69) is 20.3 Å². The van der Waals surface area contributed by atoms with Gasteiger partial charge in [0.25, 0.3) is 0 Å². The van der Waals surface area contributed by atoms with Crippen LogP contribution < -0.4 is 15.8 Å². The number of alkyl halides is 3. The third kappa shape index (κ3) is 5.67. The first-order valence-corrected chi connectivity index (χ1v) is 9.77. The number of pyridine rings is 1. The summed E-state index contributed by atoms with van der Waals surface area (Å²) in [7, 11) is 0. The van der Waals surface area contributed by atoms with Crippen LogP contribution in [-0.2, 0) is 6.18 Å². The van der Waals surface area contributed by atoms with E-state index in [1.54, 1.807) is 42.5 Å². The van der Waals surface area contributed by atoms with Gasteiger partial charge in [0.2, 0.25) is 5.95 Å². The molecule has 0 radical (unpaired) electrons. The molecule has 0 aliphatic heterocycles. The van der Waals surface area contributed by atoms with Crippen molar-refractivity contribution in [3.05, 3.63) is 90.1 Å². The first kappa shape index (κ1) is 21.9. The highest BCUT2D eigenvalue weighted by atomic mass is 19.4. The predicted octanol–water partition coefficient (Wildman–Crippen LogP) is 5.79. The topological polar surface area (TPSA) is 106 Å². The molecule has 2 heterocycles. The molecule has 3 aromatic rings. The van der Waals surface area contributed by atoms with E-state index in [0.717, 1.165) is 12.3 Å². The largest absolute Gasteiger partial charge is 0.508 e. The second-order valence-corrected chi connectivity index (χ2v) is 6.99. The van der Waals surface area contributed by atoms with Crippen molar-refractivity contribution in [3.8, 4) is 11.5 Å². The SMILES string of the molecule is Nc1nc(Nc2ccc(Oc3ccnc(C(F)(F)F)c3)cc2)cc(C2=CCC=CC(O)=C2)n1. The molecular formula is C23H18F3N5O2. The molecule has 33 heavy (non-hydrogen) atoms. The average molecular weight is 453 g/mol. The molecule has 1 aromatic carbocycles. The molecular weight excluding hydrogens is 435 g/mol. The van der Waals surface area contributed by atoms with Crippen LogP contribution in [0.3, 0.4) is 0 Å². The zero-order chi connectivity index (χ0) is 23.4. The Labute approximate surface area is 186 Å². The monoisotopic (exact) mass is 453 g/mol. The van der Waals surface area contributed by atoms with Gasteiger partial charge >= 0.3 is 6.18 Å². The minimum atomic E-state index is -4.55. The molecule has 0 bridgehead atoms. The zero-order valence-electron chi connectivity index (χ0n) is 17.0. The zero-order valence-corrected chi connectivity index (χ0v) is 17.0. The van der Waals surface area contributed by atoms with Gasteiger partial charge in [-0.3, -0.25) is 4.98 Å². The van der Waals surface area contributed by atoms with Crippen LogP contribution in [0, 0.1) is 0 Å². The van der Waals surface area contributed by atoms with Crippen molar-refractivity contribution in [2.24, 2.45) is 0 Å². The van der Waals surface area contributed by atoms with E-state index in [4.69, 9.17) is 10.5 Å². The molecule has 0 saturated heterocycles. The fraction of sp³-hybridized carbons (Fsp3) is 0.0870. The van der Waals surface area contributed by atoms with Crippen molar-refractivity contribution in [2.75, 3.05) is 11.1 Å². The third-order valence-electron chi connectivity index (χ3n) is 4.49. The Kier molecular flexibility index (Phi) is 5.99. The number of nitrogen functional groups attached to an aromatic ring is 1. The summed E-state index contributed by atoms with van der Waals surface area (Å²) in [5.41, 5.74) is 6.71. The van der Waals surface area contributed by atoms with Gasteiger partial charge in [-0.2, -0.15) is 18.2 Å². The van der Waals surface area contributed by atoms with E-state index in [0.29, 0.717) is 34.9 Å². The van der Waals surface area contributed by atoms with Crippen molar-refractivity contribution >= 4 is 23.0 Å². The Hall–Kier alpha value is -4.34. The van der Waals surface area contributed by atoms with Crippen LogP contribution in [0.25, 0.3) is 5.57 Å². The number of rotatable bonds is 5. The number of aliphatic hydroxyl groups is 1. The number of anilines is 3. The van der Waals surface area contributed by atoms with Crippen molar-refractivity contribution < 1.29 is 23.0 Å². The maximum atomic E-state index is 12.8. The van der Waals surface area contributed by atoms with Gasteiger partial charge in [-0.25, -0.2) is 4.98 Å². The number of allylic oxidation sites excluding steroid dienone is 5. The molecule has 0 amide bonds. The van der Waals surface area contributed by atoms with E-state index in [-0.39, 0.29) is 17.5 Å². The molecule has 4 N–H and O–H groups in total. The lowest BCUT2D eigenvalue weighted by atomic mass is 10.1. The molecule has 1 aliphatic rings. The van der Waals surface area contributed by atoms with Crippen molar-refractivity contribution in [1.82, 2.24) is 15.0 Å². The summed E-state index contributed by atoms with van der Waals surface area (Å²) in [6.07, 6.45) is 4.04. The average Bonchev–Trinajstić information content (AvgIpc) is 2.99. The van der Waals surface area contributed by atoms with Crippen LogP contribution in [0.1, 0.15) is 17.8 Å². The fourth-order valence-corrected chi connectivity index (χ4v) is 3.03. The molecule has 1 aliphatic carbocycles. The van der Waals surface area contributed by atoms with E-state index >= 15 is 0 Å². The van der Waals surface area contributed by atoms with Crippen LogP contribution >= 0.6 is 0 Å². The molecule has 0 spiro atoms. The number of hydrogen-bond acceptors (Lipinski definition) is 7. The number of ether oxygens (including phenoxy) is 1. The maximum Gasteiger partial charge on any atom is 0.433 e. The van der Waals surface area contributed by atoms with Gasteiger partial charge in [0.05, 0.1) is 5.69 Å². The number of hydrogen-bond donors (Lipinski definition) is 3. The number of nitrogens with one attached hydrogen (secondary N) is 1. The minimum Gasteiger partial charge on any atom is -0.508 e. The normalized spacial score (nSPS) is 13.7. The number of aliphatic hydroxyl groups excluding tert-OH is 1. The number of aromatic nitrogens is 3. The third-order valence-corrected chi connectivity index (χ3v) is 4.49. The Morgan fingerprint density at radius 3 is 2.58 bits per heavy atom. The lowest BCUT2D eigenvalue weighted by Gasteiger charge is -2.11. The molecule has 168 valence electrons. The quantitative estimate of drug-likeness (QED) is 0.449. The number of halogens is 3. The lowest BCUT2D eigenvalue weighted by molar-refractivity contribution is -0.141. The van der Waals surface area contributed by atoms with E-state index < -0.39 is 11.9 Å². The summed E-state index contributed by atoms with van der Waals surface area (Å²) in [6.45, 7) is 0. The molecule has 0 atom stereocenters. The second kappa shape index (κ2) is 9.03. The van der Waals surface area contributed by atoms with Crippen LogP contribution in [0.5, 0.6) is 11.5 Å². The summed E-state index contributed by atoms with van der Waals surface area (Å²) in [4.78, 5) is 11.7. The van der Waals surface area contributed by atoms with Gasteiger partial charge in [-0.1, -0.05) is 12.2 Å². The van der Waals surface area contributed by atoms with E-state index in [9.17, 15) is 18.3 Å². The molecule has 4 rings (SSSR count). The van der Waals surface area contributed by atoms with Crippen LogP contribution in [-0.4, -0.2) is 20.1 Å². The predicted molar refractivity (Wildman–Crippen MR) is 118 cm³/mol. The smallest absolute Gasteiger partial charge is 0.433 e. The van der Waals surface area contributed by atoms with Crippen molar-refractivity contribution in [3.63, 3.8) is 0 Å². The Bertz CT molecular complexity index is 1250. The van der Waals surface area contributed by atoms with Gasteiger partial charge < -0.3 is 20.9 Å². The summed E-state index contributed by atoms with van der Waals surface area (Å²) in [5, 5.41) is 13.0. The highest BCUT2D eigenvalue weighted by Gasteiger charge is 2.32. The van der Waals surface area contributed by atoms with Gasteiger partial charge in [-0.15, -0.1) is 0 Å². The van der Waals surface area contributed by atoms with Gasteiger partial charge in [0, 0.05) is 29.6 Å². The Morgan fingerprint density at radius 1 is 1.03 bits per heavy atom. The summed E-state index contributed by atoms with van der Waals surface area (Å²) in [5.74, 6) is 0.964. The van der Waals surface area contributed by atoms with Crippen molar-refractivity contribution in [2.45, 2.75) is 12.6 Å². The Balaban J connectivity index is 1.49. The maximum absolute atomic E-state index is 12.8. The second-order valence-electron chi connectivity index (χ2n) is 6.99. The van der Waals surface area contributed by atoms with Gasteiger partial charge in [-0.05, 0) is 48.9 Å². The van der Waals surface area contributed by atoms with E-state index in [1.807, 2.05) is 12.2 Å². The number of benzene rings is 1. The standard InChI is InChI=1S/C23H18F3N5O2/c24-23(25,26)20-12-18(9-10-28-20)33-17-7-5-15(6-8-17)29-21-13-19(30-22(27)31-21)14-3-1-2-4-16(32)11-14/h2-13,32H,1H2,(H3,27,29,30,31). The Morgan fingerprint density at radius 2 is 1.82 bits per heavy atom. The van der Waals surface area contributed by atoms with Crippen LogP contribution in [0.2, 0.25) is 0 Å². The van der Waals surface area contributed by atoms with E-state index in [1.165, 1.54) is 6.07 Å². The summed E-state index contributed by atoms with van der Waals surface area (Å²) >= 11 is 0. The lowest BCUT2D eigenvalue weighted by Crippen LogP contribution is -2.07. The fourth-order valence-electron chi connectivity index (χ4n) is 3.03. The highest BCUT2D eigenvalue weighted by molar-refractivity contribution is 5.75. The molecule has 0 fully saturated rings. The highest BCUT2D eigenvalue weighted by Crippen LogP contribution is 2.31. The molecule has 10 heteroatoms. The summed E-state index contributed by atoms with van der Waals surface area (Å²) < 4.78 is 43.9. The molecule has 7 nitrogen and oxygen atoms in total. The first-order chi connectivity index (χ1) is 15.8. The number of nitrogens with two attached hydrogens (primary N) is 1. The van der Waals surface area contributed by atoms with Gasteiger partial charge in [0.1, 0.15) is 28.8 Å². The van der Waals surface area contributed by atoms with Gasteiger partial charge in [0.15, 0.2) is 0 Å². The first-order valence-electron chi connectivity index (χ1n) is 9.77. The molecule has 2 aromatic heterocycles. The minimum absolute atomic E-state index is 0.0220. The number of nitrogens with zero attached hydrogens (tertiary/aromatic N) is 3. The van der Waals surface area contributed by atoms with Crippen LogP contribution in [0.15, 0.2) is 78.7 Å². The molecule has 0 saturated carbocycles. The molecule has 0 unspecified atom stereocenters.